The Hall–Kier alpha value is -1.91. The van der Waals surface area contributed by atoms with Gasteiger partial charge in [0.15, 0.2) is 0 Å². The van der Waals surface area contributed by atoms with Gasteiger partial charge in [-0.25, -0.2) is 4.98 Å². The summed E-state index contributed by atoms with van der Waals surface area (Å²) in [6, 6.07) is 12.7. The van der Waals surface area contributed by atoms with E-state index in [1.807, 2.05) is 17.6 Å². The minimum absolute atomic E-state index is 0.159. The summed E-state index contributed by atoms with van der Waals surface area (Å²) in [6.07, 6.45) is 2.79. The number of hydrogen-bond acceptors (Lipinski definition) is 4. The summed E-state index contributed by atoms with van der Waals surface area (Å²) < 4.78 is 5.54. The molecule has 0 fully saturated rings. The van der Waals surface area contributed by atoms with Gasteiger partial charge in [-0.1, -0.05) is 24.3 Å². The second-order valence-electron chi connectivity index (χ2n) is 4.88. The van der Waals surface area contributed by atoms with Gasteiger partial charge in [0.25, 0.3) is 0 Å². The van der Waals surface area contributed by atoms with Gasteiger partial charge in [-0.15, -0.1) is 11.3 Å². The number of nitrogens with zero attached hydrogens (tertiary/aromatic N) is 1. The van der Waals surface area contributed by atoms with Crippen LogP contribution >= 0.6 is 11.3 Å². The van der Waals surface area contributed by atoms with E-state index in [0.29, 0.717) is 0 Å². The molecule has 3 aromatic rings. The molecule has 1 unspecified atom stereocenters. The Kier molecular flexibility index (Phi) is 2.90. The summed E-state index contributed by atoms with van der Waals surface area (Å²) in [7, 11) is 0. The normalized spacial score (nSPS) is 17.9. The fraction of sp³-hybridized carbons (Fsp3) is 0.188. The molecule has 1 aliphatic heterocycles. The van der Waals surface area contributed by atoms with Crippen molar-refractivity contribution in [2.75, 3.05) is 6.54 Å². The molecule has 20 heavy (non-hydrogen) atoms. The first-order chi connectivity index (χ1) is 9.93. The maximum absolute atomic E-state index is 5.54. The lowest BCUT2D eigenvalue weighted by molar-refractivity contribution is 0.553. The zero-order valence-corrected chi connectivity index (χ0v) is 11.7. The predicted molar refractivity (Wildman–Crippen MR) is 79.8 cm³/mol. The monoisotopic (exact) mass is 282 g/mol. The van der Waals surface area contributed by atoms with Crippen LogP contribution in [-0.2, 0) is 6.42 Å². The molecule has 0 bridgehead atoms. The smallest absolute Gasteiger partial charge is 0.145 e. The largest absolute Gasteiger partial charge is 0.463 e. The van der Waals surface area contributed by atoms with Gasteiger partial charge in [-0.2, -0.15) is 0 Å². The Balaban J connectivity index is 1.82. The molecule has 2 aromatic heterocycles. The molecule has 0 saturated carbocycles. The molecular weight excluding hydrogens is 268 g/mol. The van der Waals surface area contributed by atoms with Crippen molar-refractivity contribution in [3.05, 3.63) is 65.0 Å². The fourth-order valence-electron chi connectivity index (χ4n) is 2.80. The molecule has 100 valence electrons. The summed E-state index contributed by atoms with van der Waals surface area (Å²) in [5.74, 6) is 0.896. The van der Waals surface area contributed by atoms with E-state index in [9.17, 15) is 0 Å². The van der Waals surface area contributed by atoms with Crippen LogP contribution in [-0.4, -0.2) is 11.5 Å². The number of hydrogen-bond donors (Lipinski definition) is 1. The highest BCUT2D eigenvalue weighted by atomic mass is 32.1. The molecule has 0 spiro atoms. The number of benzene rings is 1. The molecule has 0 saturated heterocycles. The van der Waals surface area contributed by atoms with Crippen LogP contribution < -0.4 is 5.32 Å². The van der Waals surface area contributed by atoms with E-state index in [4.69, 9.17) is 4.42 Å². The number of aromatic nitrogens is 1. The summed E-state index contributed by atoms with van der Waals surface area (Å²) >= 11 is 1.63. The van der Waals surface area contributed by atoms with Gasteiger partial charge in [-0.3, -0.25) is 0 Å². The van der Waals surface area contributed by atoms with E-state index >= 15 is 0 Å². The SMILES string of the molecule is c1coc(-c2scnc2C2NCCc3ccccc32)c1. The van der Waals surface area contributed by atoms with Crippen LogP contribution in [0.2, 0.25) is 0 Å². The molecule has 0 aliphatic carbocycles. The molecule has 4 rings (SSSR count). The summed E-state index contributed by atoms with van der Waals surface area (Å²) in [6.45, 7) is 0.983. The van der Waals surface area contributed by atoms with Gasteiger partial charge < -0.3 is 9.73 Å². The van der Waals surface area contributed by atoms with Crippen molar-refractivity contribution >= 4 is 11.3 Å². The standard InChI is InChI=1S/C16H14N2OS/c1-2-5-12-11(4-1)7-8-17-14(12)15-16(20-10-18-15)13-6-3-9-19-13/h1-6,9-10,14,17H,7-8H2. The van der Waals surface area contributed by atoms with E-state index in [0.717, 1.165) is 29.3 Å². The zero-order valence-electron chi connectivity index (χ0n) is 10.9. The average Bonchev–Trinajstić information content (AvgIpc) is 3.17. The Morgan fingerprint density at radius 1 is 1.20 bits per heavy atom. The number of nitrogens with one attached hydrogen (secondary N) is 1. The van der Waals surface area contributed by atoms with Gasteiger partial charge in [0.05, 0.1) is 28.4 Å². The van der Waals surface area contributed by atoms with Gasteiger partial charge in [0, 0.05) is 6.54 Å². The number of fused-ring (bicyclic) bond motifs is 1. The van der Waals surface area contributed by atoms with Crippen LogP contribution in [0.1, 0.15) is 22.9 Å². The van der Waals surface area contributed by atoms with Crippen LogP contribution in [0.15, 0.2) is 52.6 Å². The molecule has 1 aromatic carbocycles. The van der Waals surface area contributed by atoms with Crippen LogP contribution in [0.25, 0.3) is 10.6 Å². The van der Waals surface area contributed by atoms with E-state index in [-0.39, 0.29) is 6.04 Å². The molecular formula is C16H14N2OS. The van der Waals surface area contributed by atoms with Crippen molar-refractivity contribution in [1.29, 1.82) is 0 Å². The van der Waals surface area contributed by atoms with Gasteiger partial charge in [0.1, 0.15) is 5.76 Å². The molecule has 3 heterocycles. The quantitative estimate of drug-likeness (QED) is 0.780. The molecule has 0 amide bonds. The highest BCUT2D eigenvalue weighted by Crippen LogP contribution is 2.36. The minimum atomic E-state index is 0.159. The van der Waals surface area contributed by atoms with E-state index < -0.39 is 0 Å². The highest BCUT2D eigenvalue weighted by Gasteiger charge is 2.26. The fourth-order valence-corrected chi connectivity index (χ4v) is 3.60. The third kappa shape index (κ3) is 1.88. The topological polar surface area (TPSA) is 38.1 Å². The third-order valence-electron chi connectivity index (χ3n) is 3.72. The molecule has 3 nitrogen and oxygen atoms in total. The summed E-state index contributed by atoms with van der Waals surface area (Å²) in [5.41, 5.74) is 5.70. The maximum Gasteiger partial charge on any atom is 0.145 e. The first kappa shape index (κ1) is 11.9. The van der Waals surface area contributed by atoms with Crippen molar-refractivity contribution in [1.82, 2.24) is 10.3 Å². The average molecular weight is 282 g/mol. The van der Waals surface area contributed by atoms with Crippen molar-refractivity contribution in [2.24, 2.45) is 0 Å². The van der Waals surface area contributed by atoms with Gasteiger partial charge >= 0.3 is 0 Å². The van der Waals surface area contributed by atoms with E-state index in [1.54, 1.807) is 17.6 Å². The summed E-state index contributed by atoms with van der Waals surface area (Å²) in [4.78, 5) is 5.71. The lowest BCUT2D eigenvalue weighted by Crippen LogP contribution is -2.31. The molecule has 0 radical (unpaired) electrons. The lowest BCUT2D eigenvalue weighted by atomic mass is 9.92. The predicted octanol–water partition coefficient (Wildman–Crippen LogP) is 3.64. The van der Waals surface area contributed by atoms with Crippen molar-refractivity contribution < 1.29 is 4.42 Å². The molecule has 4 heteroatoms. The minimum Gasteiger partial charge on any atom is -0.463 e. The first-order valence-corrected chi connectivity index (χ1v) is 7.60. The number of furan rings is 1. The van der Waals surface area contributed by atoms with Crippen LogP contribution in [0.4, 0.5) is 0 Å². The number of thiazole rings is 1. The number of rotatable bonds is 2. The molecule has 1 N–H and O–H groups in total. The van der Waals surface area contributed by atoms with E-state index in [1.165, 1.54) is 11.1 Å². The van der Waals surface area contributed by atoms with Crippen LogP contribution in [0, 0.1) is 0 Å². The lowest BCUT2D eigenvalue weighted by Gasteiger charge is -2.26. The second kappa shape index (κ2) is 4.89. The zero-order chi connectivity index (χ0) is 13.4. The molecule has 1 atom stereocenters. The maximum atomic E-state index is 5.54. The van der Waals surface area contributed by atoms with Crippen molar-refractivity contribution in [3.63, 3.8) is 0 Å². The van der Waals surface area contributed by atoms with Crippen LogP contribution in [0.5, 0.6) is 0 Å². The van der Waals surface area contributed by atoms with Crippen LogP contribution in [0.3, 0.4) is 0 Å². The van der Waals surface area contributed by atoms with Crippen molar-refractivity contribution in [2.45, 2.75) is 12.5 Å². The Labute approximate surface area is 121 Å². The molecule has 1 aliphatic rings. The van der Waals surface area contributed by atoms with Crippen molar-refractivity contribution in [3.8, 4) is 10.6 Å². The van der Waals surface area contributed by atoms with Gasteiger partial charge in [-0.05, 0) is 29.7 Å². The summed E-state index contributed by atoms with van der Waals surface area (Å²) in [5, 5.41) is 3.58. The Morgan fingerprint density at radius 2 is 2.15 bits per heavy atom. The Bertz CT molecular complexity index is 718. The Morgan fingerprint density at radius 3 is 3.05 bits per heavy atom. The third-order valence-corrected chi connectivity index (χ3v) is 4.58. The second-order valence-corrected chi connectivity index (χ2v) is 5.73. The van der Waals surface area contributed by atoms with Gasteiger partial charge in [0.2, 0.25) is 0 Å². The first-order valence-electron chi connectivity index (χ1n) is 6.72. The highest BCUT2D eigenvalue weighted by molar-refractivity contribution is 7.13. The van der Waals surface area contributed by atoms with E-state index in [2.05, 4.69) is 34.6 Å².